The van der Waals surface area contributed by atoms with Crippen molar-refractivity contribution >= 4 is 22.7 Å². The Hall–Kier alpha value is -2.11. The second-order valence-electron chi connectivity index (χ2n) is 5.24. The summed E-state index contributed by atoms with van der Waals surface area (Å²) in [5.41, 5.74) is 1.51. The molecule has 1 aromatic carbocycles. The molecule has 1 heterocycles. The molecule has 3 rings (SSSR count). The molecule has 0 radical (unpaired) electrons. The number of aromatic nitrogens is 2. The summed E-state index contributed by atoms with van der Waals surface area (Å²) in [7, 11) is 0. The van der Waals surface area contributed by atoms with Gasteiger partial charge in [0.15, 0.2) is 0 Å². The molecule has 6 nitrogen and oxygen atoms in total. The van der Waals surface area contributed by atoms with Crippen molar-refractivity contribution in [2.75, 3.05) is 11.9 Å². The summed E-state index contributed by atoms with van der Waals surface area (Å²) in [6, 6.07) is 4.65. The number of H-pyrrole nitrogens is 1. The van der Waals surface area contributed by atoms with Gasteiger partial charge in [0.1, 0.15) is 0 Å². The zero-order chi connectivity index (χ0) is 13.4. The van der Waals surface area contributed by atoms with E-state index in [-0.39, 0.29) is 5.69 Å². The third-order valence-corrected chi connectivity index (χ3v) is 3.69. The first-order chi connectivity index (χ1) is 9.13. The molecule has 1 aliphatic carbocycles. The minimum absolute atomic E-state index is 0.0778. The van der Waals surface area contributed by atoms with Gasteiger partial charge in [-0.25, -0.2) is 4.98 Å². The molecule has 100 valence electrons. The fourth-order valence-corrected chi connectivity index (χ4v) is 2.28. The molecule has 0 bridgehead atoms. The molecule has 0 saturated heterocycles. The van der Waals surface area contributed by atoms with Gasteiger partial charge in [-0.2, -0.15) is 0 Å². The highest BCUT2D eigenvalue weighted by atomic mass is 16.6. The lowest BCUT2D eigenvalue weighted by Gasteiger charge is -2.09. The van der Waals surface area contributed by atoms with Gasteiger partial charge < -0.3 is 10.3 Å². The SMILES string of the molecule is CC(CNc1nc2ccc([N+](=O)[O-])cc2[nH]1)C1CC1. The van der Waals surface area contributed by atoms with Gasteiger partial charge in [0.25, 0.3) is 5.69 Å². The molecular weight excluding hydrogens is 244 g/mol. The summed E-state index contributed by atoms with van der Waals surface area (Å²) < 4.78 is 0. The van der Waals surface area contributed by atoms with Crippen LogP contribution in [0.4, 0.5) is 11.6 Å². The Morgan fingerprint density at radius 2 is 2.37 bits per heavy atom. The lowest BCUT2D eigenvalue weighted by atomic mass is 10.1. The maximum atomic E-state index is 10.7. The topological polar surface area (TPSA) is 83.8 Å². The van der Waals surface area contributed by atoms with Crippen LogP contribution in [0.15, 0.2) is 18.2 Å². The molecule has 19 heavy (non-hydrogen) atoms. The van der Waals surface area contributed by atoms with Crippen LogP contribution < -0.4 is 5.32 Å². The van der Waals surface area contributed by atoms with Gasteiger partial charge in [-0.15, -0.1) is 0 Å². The van der Waals surface area contributed by atoms with Gasteiger partial charge in [0, 0.05) is 18.7 Å². The van der Waals surface area contributed by atoms with Crippen LogP contribution in [-0.4, -0.2) is 21.4 Å². The van der Waals surface area contributed by atoms with E-state index in [0.29, 0.717) is 17.4 Å². The lowest BCUT2D eigenvalue weighted by molar-refractivity contribution is -0.384. The van der Waals surface area contributed by atoms with Crippen LogP contribution in [-0.2, 0) is 0 Å². The first-order valence-corrected chi connectivity index (χ1v) is 6.51. The van der Waals surface area contributed by atoms with E-state index in [1.807, 2.05) is 0 Å². The van der Waals surface area contributed by atoms with Gasteiger partial charge in [-0.1, -0.05) is 6.92 Å². The van der Waals surface area contributed by atoms with Crippen molar-refractivity contribution < 1.29 is 4.92 Å². The number of nitro groups is 1. The third-order valence-electron chi connectivity index (χ3n) is 3.69. The van der Waals surface area contributed by atoms with Crippen LogP contribution in [0.5, 0.6) is 0 Å². The predicted molar refractivity (Wildman–Crippen MR) is 73.1 cm³/mol. The van der Waals surface area contributed by atoms with E-state index in [2.05, 4.69) is 22.2 Å². The summed E-state index contributed by atoms with van der Waals surface area (Å²) in [4.78, 5) is 17.8. The van der Waals surface area contributed by atoms with Crippen molar-refractivity contribution in [1.29, 1.82) is 0 Å². The van der Waals surface area contributed by atoms with E-state index < -0.39 is 4.92 Å². The smallest absolute Gasteiger partial charge is 0.271 e. The summed E-state index contributed by atoms with van der Waals surface area (Å²) in [5.74, 6) is 2.17. The molecule has 0 aliphatic heterocycles. The molecule has 6 heteroatoms. The number of benzene rings is 1. The zero-order valence-corrected chi connectivity index (χ0v) is 10.7. The molecule has 1 atom stereocenters. The number of nitrogens with zero attached hydrogens (tertiary/aromatic N) is 2. The standard InChI is InChI=1S/C13H16N4O2/c1-8(9-2-3-9)7-14-13-15-11-5-4-10(17(18)19)6-12(11)16-13/h4-6,8-9H,2-3,7H2,1H3,(H2,14,15,16). The second-order valence-corrected chi connectivity index (χ2v) is 5.24. The Labute approximate surface area is 110 Å². The van der Waals surface area contributed by atoms with E-state index in [1.54, 1.807) is 6.07 Å². The molecule has 1 aliphatic rings. The largest absolute Gasteiger partial charge is 0.356 e. The number of anilines is 1. The van der Waals surface area contributed by atoms with Crippen molar-refractivity contribution in [3.8, 4) is 0 Å². The van der Waals surface area contributed by atoms with Gasteiger partial charge >= 0.3 is 0 Å². The Morgan fingerprint density at radius 3 is 3.05 bits per heavy atom. The Kier molecular flexibility index (Phi) is 2.85. The summed E-state index contributed by atoms with van der Waals surface area (Å²) in [6.07, 6.45) is 2.66. The van der Waals surface area contributed by atoms with Crippen LogP contribution in [0.1, 0.15) is 19.8 Å². The van der Waals surface area contributed by atoms with Crippen LogP contribution in [0.3, 0.4) is 0 Å². The average molecular weight is 260 g/mol. The van der Waals surface area contributed by atoms with E-state index >= 15 is 0 Å². The molecule has 0 amide bonds. The maximum Gasteiger partial charge on any atom is 0.271 e. The van der Waals surface area contributed by atoms with Gasteiger partial charge in [-0.05, 0) is 30.7 Å². The van der Waals surface area contributed by atoms with Crippen LogP contribution in [0.2, 0.25) is 0 Å². The minimum atomic E-state index is -0.400. The molecule has 1 aromatic heterocycles. The molecule has 2 aromatic rings. The van der Waals surface area contributed by atoms with Crippen molar-refractivity contribution in [2.24, 2.45) is 11.8 Å². The number of rotatable bonds is 5. The second kappa shape index (κ2) is 4.53. The molecule has 1 unspecified atom stereocenters. The van der Waals surface area contributed by atoms with E-state index in [0.717, 1.165) is 18.0 Å². The first-order valence-electron chi connectivity index (χ1n) is 6.51. The molecule has 0 spiro atoms. The van der Waals surface area contributed by atoms with E-state index in [4.69, 9.17) is 0 Å². The average Bonchev–Trinajstić information content (AvgIpc) is 3.15. The number of fused-ring (bicyclic) bond motifs is 1. The predicted octanol–water partition coefficient (Wildman–Crippen LogP) is 2.93. The first kappa shape index (κ1) is 12.0. The van der Waals surface area contributed by atoms with Crippen molar-refractivity contribution in [3.05, 3.63) is 28.3 Å². The van der Waals surface area contributed by atoms with Crippen molar-refractivity contribution in [3.63, 3.8) is 0 Å². The molecule has 2 N–H and O–H groups in total. The summed E-state index contributed by atoms with van der Waals surface area (Å²) in [6.45, 7) is 3.12. The fourth-order valence-electron chi connectivity index (χ4n) is 2.28. The zero-order valence-electron chi connectivity index (χ0n) is 10.7. The lowest BCUT2D eigenvalue weighted by Crippen LogP contribution is -2.13. The number of hydrogen-bond donors (Lipinski definition) is 2. The summed E-state index contributed by atoms with van der Waals surface area (Å²) in [5, 5.41) is 14.0. The fraction of sp³-hybridized carbons (Fsp3) is 0.462. The number of imidazole rings is 1. The quantitative estimate of drug-likeness (QED) is 0.639. The minimum Gasteiger partial charge on any atom is -0.356 e. The number of non-ortho nitro benzene ring substituents is 1. The van der Waals surface area contributed by atoms with Crippen LogP contribution >= 0.6 is 0 Å². The van der Waals surface area contributed by atoms with Gasteiger partial charge in [-0.3, -0.25) is 10.1 Å². The Morgan fingerprint density at radius 1 is 1.58 bits per heavy atom. The number of aromatic amines is 1. The Balaban J connectivity index is 1.75. The highest BCUT2D eigenvalue weighted by molar-refractivity contribution is 5.79. The highest BCUT2D eigenvalue weighted by Crippen LogP contribution is 2.36. The monoisotopic (exact) mass is 260 g/mol. The number of hydrogen-bond acceptors (Lipinski definition) is 4. The van der Waals surface area contributed by atoms with Crippen molar-refractivity contribution in [1.82, 2.24) is 9.97 Å². The molecule has 1 fully saturated rings. The van der Waals surface area contributed by atoms with Gasteiger partial charge in [0.05, 0.1) is 16.0 Å². The highest BCUT2D eigenvalue weighted by Gasteiger charge is 2.27. The van der Waals surface area contributed by atoms with Gasteiger partial charge in [0.2, 0.25) is 5.95 Å². The maximum absolute atomic E-state index is 10.7. The summed E-state index contributed by atoms with van der Waals surface area (Å²) >= 11 is 0. The van der Waals surface area contributed by atoms with Crippen LogP contribution in [0, 0.1) is 22.0 Å². The number of nitrogens with one attached hydrogen (secondary N) is 2. The normalized spacial score (nSPS) is 16.5. The molecule has 1 saturated carbocycles. The Bertz CT molecular complexity index is 618. The molecular formula is C13H16N4O2. The van der Waals surface area contributed by atoms with Crippen molar-refractivity contribution in [2.45, 2.75) is 19.8 Å². The third kappa shape index (κ3) is 2.52. The number of nitro benzene ring substituents is 1. The van der Waals surface area contributed by atoms with Crippen LogP contribution in [0.25, 0.3) is 11.0 Å². The van der Waals surface area contributed by atoms with E-state index in [1.165, 1.54) is 25.0 Å². The van der Waals surface area contributed by atoms with E-state index in [9.17, 15) is 10.1 Å².